The molecule has 2 aromatic heterocycles. The number of fused-ring (bicyclic) bond motifs is 1. The van der Waals surface area contributed by atoms with Crippen LogP contribution >= 0.6 is 34.5 Å². The van der Waals surface area contributed by atoms with Gasteiger partial charge in [0.1, 0.15) is 5.69 Å². The summed E-state index contributed by atoms with van der Waals surface area (Å²) in [6.45, 7) is 3.21. The van der Waals surface area contributed by atoms with Crippen molar-refractivity contribution in [1.29, 1.82) is 0 Å². The van der Waals surface area contributed by atoms with E-state index in [4.69, 9.17) is 23.2 Å². The number of carbonyl (C=O) groups is 2. The minimum absolute atomic E-state index is 0. The number of carboxylic acid groups (broad SMARTS) is 1. The van der Waals surface area contributed by atoms with Crippen molar-refractivity contribution in [2.75, 3.05) is 18.0 Å². The van der Waals surface area contributed by atoms with Gasteiger partial charge in [-0.1, -0.05) is 34.5 Å². The van der Waals surface area contributed by atoms with Gasteiger partial charge in [0.2, 0.25) is 0 Å². The van der Waals surface area contributed by atoms with E-state index in [0.717, 1.165) is 24.4 Å². The van der Waals surface area contributed by atoms with Crippen molar-refractivity contribution in [3.8, 4) is 0 Å². The largest absolute Gasteiger partial charge is 1.00 e. The zero-order valence-corrected chi connectivity index (χ0v) is 16.3. The van der Waals surface area contributed by atoms with Gasteiger partial charge in [0.15, 0.2) is 5.13 Å². The van der Waals surface area contributed by atoms with E-state index in [-0.39, 0.29) is 46.4 Å². The SMILES string of the molecule is Cc1[nH]c(C(=O)N[C@@H]2[C@@H]3CN(c4ncc(C(=O)[O-])s4)C[C@@H]32)c(Cl)c1Cl.[Li+]. The maximum atomic E-state index is 12.4. The molecule has 0 spiro atoms. The first kappa shape index (κ1) is 19.6. The number of amides is 1. The minimum Gasteiger partial charge on any atom is -0.544 e. The average molecular weight is 407 g/mol. The van der Waals surface area contributed by atoms with Crippen LogP contribution in [0.15, 0.2) is 6.20 Å². The minimum atomic E-state index is -1.21. The Balaban J connectivity index is 0.00000196. The van der Waals surface area contributed by atoms with E-state index in [0.29, 0.717) is 27.7 Å². The molecule has 1 saturated carbocycles. The Hall–Kier alpha value is -1.17. The molecule has 2 N–H and O–H groups in total. The summed E-state index contributed by atoms with van der Waals surface area (Å²) in [6.07, 6.45) is 1.32. The molecule has 1 aliphatic carbocycles. The number of nitrogens with zero attached hydrogens (tertiary/aromatic N) is 2. The first-order chi connectivity index (χ1) is 11.9. The molecule has 7 nitrogen and oxygen atoms in total. The van der Waals surface area contributed by atoms with Crippen molar-refractivity contribution in [2.45, 2.75) is 13.0 Å². The van der Waals surface area contributed by atoms with E-state index in [9.17, 15) is 14.7 Å². The molecule has 2 aliphatic rings. The van der Waals surface area contributed by atoms with Gasteiger partial charge in [-0.25, -0.2) is 4.98 Å². The fraction of sp³-hybridized carbons (Fsp3) is 0.400. The number of aryl methyl sites for hydroxylation is 1. The van der Waals surface area contributed by atoms with E-state index in [1.807, 2.05) is 4.90 Å². The number of aromatic nitrogens is 2. The molecule has 4 rings (SSSR count). The first-order valence-electron chi connectivity index (χ1n) is 7.63. The van der Waals surface area contributed by atoms with Crippen molar-refractivity contribution >= 4 is 51.5 Å². The number of carboxylic acids is 1. The zero-order chi connectivity index (χ0) is 17.9. The van der Waals surface area contributed by atoms with Crippen LogP contribution in [0.1, 0.15) is 25.9 Å². The van der Waals surface area contributed by atoms with Crippen LogP contribution in [0.3, 0.4) is 0 Å². The second kappa shape index (κ2) is 7.10. The van der Waals surface area contributed by atoms with Crippen molar-refractivity contribution in [2.24, 2.45) is 11.8 Å². The molecule has 2 aromatic rings. The molecule has 26 heavy (non-hydrogen) atoms. The number of halogens is 2. The standard InChI is InChI=1S/C15H14Cl2N4O3S.Li/c1-5-9(16)10(17)12(19-5)13(22)20-11-6-3-21(4-7(6)11)15-18-2-8(25-15)14(23)24;/h2,6-7,11,19H,3-4H2,1H3,(H,20,22)(H,23,24);/q;+1/p-1/t6-,7+,11-;. The first-order valence-corrected chi connectivity index (χ1v) is 9.20. The molecule has 3 atom stereocenters. The number of carbonyl (C=O) groups excluding carboxylic acids is 2. The molecule has 1 amide bonds. The molecule has 2 fully saturated rings. The number of hydrogen-bond donors (Lipinski definition) is 2. The number of hydrogen-bond acceptors (Lipinski definition) is 6. The van der Waals surface area contributed by atoms with Crippen molar-refractivity contribution in [1.82, 2.24) is 15.3 Å². The molecular weight excluding hydrogens is 394 g/mol. The van der Waals surface area contributed by atoms with Crippen LogP contribution in [0.5, 0.6) is 0 Å². The van der Waals surface area contributed by atoms with Gasteiger partial charge in [0, 0.05) is 42.9 Å². The second-order valence-corrected chi connectivity index (χ2v) is 8.04. The normalized spacial score (nSPS) is 23.3. The number of aromatic carboxylic acids is 1. The quantitative estimate of drug-likeness (QED) is 0.590. The van der Waals surface area contributed by atoms with Crippen LogP contribution < -0.4 is 34.2 Å². The van der Waals surface area contributed by atoms with E-state index in [1.165, 1.54) is 6.20 Å². The Labute approximate surface area is 175 Å². The number of rotatable bonds is 4. The predicted molar refractivity (Wildman–Crippen MR) is 92.4 cm³/mol. The van der Waals surface area contributed by atoms with Gasteiger partial charge >= 0.3 is 18.9 Å². The third-order valence-electron chi connectivity index (χ3n) is 4.74. The van der Waals surface area contributed by atoms with Gasteiger partial charge in [-0.05, 0) is 6.92 Å². The van der Waals surface area contributed by atoms with Crippen LogP contribution in [-0.4, -0.2) is 41.0 Å². The van der Waals surface area contributed by atoms with Gasteiger partial charge in [0.05, 0.1) is 20.9 Å². The van der Waals surface area contributed by atoms with E-state index in [2.05, 4.69) is 15.3 Å². The molecule has 0 aromatic carbocycles. The van der Waals surface area contributed by atoms with Crippen molar-refractivity contribution < 1.29 is 33.6 Å². The number of anilines is 1. The smallest absolute Gasteiger partial charge is 0.544 e. The molecule has 0 unspecified atom stereocenters. The fourth-order valence-electron chi connectivity index (χ4n) is 3.35. The summed E-state index contributed by atoms with van der Waals surface area (Å²) >= 11 is 13.2. The Morgan fingerprint density at radius 3 is 2.50 bits per heavy atom. The molecule has 0 radical (unpaired) electrons. The van der Waals surface area contributed by atoms with Gasteiger partial charge in [0.25, 0.3) is 5.91 Å². The van der Waals surface area contributed by atoms with E-state index >= 15 is 0 Å². The third kappa shape index (κ3) is 3.25. The van der Waals surface area contributed by atoms with Gasteiger partial charge in [-0.15, -0.1) is 0 Å². The second-order valence-electron chi connectivity index (χ2n) is 6.28. The molecular formula is C15H13Cl2LiN4O3S. The van der Waals surface area contributed by atoms with Gasteiger partial charge in [-0.3, -0.25) is 4.79 Å². The van der Waals surface area contributed by atoms with Crippen LogP contribution in [0.2, 0.25) is 10.0 Å². The Morgan fingerprint density at radius 2 is 2.00 bits per heavy atom. The van der Waals surface area contributed by atoms with Gasteiger partial charge in [-0.2, -0.15) is 0 Å². The molecule has 1 saturated heterocycles. The summed E-state index contributed by atoms with van der Waals surface area (Å²) in [5.41, 5.74) is 0.941. The van der Waals surface area contributed by atoms with Crippen LogP contribution in [0, 0.1) is 18.8 Å². The molecule has 11 heteroatoms. The maximum absolute atomic E-state index is 12.4. The number of H-pyrrole nitrogens is 1. The number of aromatic amines is 1. The van der Waals surface area contributed by atoms with Crippen molar-refractivity contribution in [3.63, 3.8) is 0 Å². The molecule has 3 heterocycles. The average Bonchev–Trinajstić information content (AvgIpc) is 3.02. The number of piperidine rings is 1. The monoisotopic (exact) mass is 406 g/mol. The van der Waals surface area contributed by atoms with Crippen LogP contribution in [-0.2, 0) is 0 Å². The topological polar surface area (TPSA) is 101 Å². The summed E-state index contributed by atoms with van der Waals surface area (Å²) < 4.78 is 0. The molecule has 1 aliphatic heterocycles. The summed E-state index contributed by atoms with van der Waals surface area (Å²) in [4.78, 5) is 32.4. The van der Waals surface area contributed by atoms with Crippen molar-refractivity contribution in [3.05, 3.63) is 32.5 Å². The number of thiazole rings is 1. The molecule has 0 bridgehead atoms. The van der Waals surface area contributed by atoms with E-state index in [1.54, 1.807) is 6.92 Å². The Bertz CT molecular complexity index is 874. The Morgan fingerprint density at radius 1 is 1.35 bits per heavy atom. The zero-order valence-electron chi connectivity index (χ0n) is 14.0. The summed E-state index contributed by atoms with van der Waals surface area (Å²) in [5.74, 6) is -0.830. The summed E-state index contributed by atoms with van der Waals surface area (Å²) in [7, 11) is 0. The third-order valence-corrected chi connectivity index (χ3v) is 6.72. The van der Waals surface area contributed by atoms with Gasteiger partial charge < -0.3 is 25.1 Å². The maximum Gasteiger partial charge on any atom is 1.00 e. The Kier molecular flexibility index (Phi) is 5.35. The fourth-order valence-corrected chi connectivity index (χ4v) is 4.54. The summed E-state index contributed by atoms with van der Waals surface area (Å²) in [6, 6.07) is 0.0859. The van der Waals surface area contributed by atoms with Crippen LogP contribution in [0.4, 0.5) is 5.13 Å². The predicted octanol–water partition coefficient (Wildman–Crippen LogP) is -1.68. The molecule has 132 valence electrons. The number of nitrogens with one attached hydrogen (secondary N) is 2. The van der Waals surface area contributed by atoms with Crippen LogP contribution in [0.25, 0.3) is 0 Å². The van der Waals surface area contributed by atoms with E-state index < -0.39 is 5.97 Å². The summed E-state index contributed by atoms with van der Waals surface area (Å²) in [5, 5.41) is 15.1.